The minimum Gasteiger partial charge on any atom is -0.319 e. The molecular formula is C18H10F2N2OS. The summed E-state index contributed by atoms with van der Waals surface area (Å²) < 4.78 is 28.1. The van der Waals surface area contributed by atoms with Crippen molar-refractivity contribution in [3.63, 3.8) is 0 Å². The Morgan fingerprint density at radius 2 is 1.62 bits per heavy atom. The third-order valence-corrected chi connectivity index (χ3v) is 4.67. The van der Waals surface area contributed by atoms with Gasteiger partial charge in [0.05, 0.1) is 4.88 Å². The molecule has 0 aliphatic heterocycles. The Morgan fingerprint density at radius 1 is 0.917 bits per heavy atom. The molecule has 3 nitrogen and oxygen atoms in total. The smallest absolute Gasteiger partial charge is 0.305 e. The van der Waals surface area contributed by atoms with Gasteiger partial charge in [0.15, 0.2) is 0 Å². The van der Waals surface area contributed by atoms with Crippen molar-refractivity contribution in [2.24, 2.45) is 0 Å². The fourth-order valence-corrected chi connectivity index (χ4v) is 3.36. The van der Waals surface area contributed by atoms with Crippen molar-refractivity contribution < 1.29 is 8.78 Å². The lowest BCUT2D eigenvalue weighted by atomic mass is 9.99. The molecule has 24 heavy (non-hydrogen) atoms. The van der Waals surface area contributed by atoms with E-state index in [1.165, 1.54) is 6.20 Å². The summed E-state index contributed by atoms with van der Waals surface area (Å²) in [7, 11) is 0. The number of pyridine rings is 1. The summed E-state index contributed by atoms with van der Waals surface area (Å²) in [5.74, 6) is -1.07. The van der Waals surface area contributed by atoms with E-state index < -0.39 is 11.6 Å². The molecule has 0 bridgehead atoms. The minimum absolute atomic E-state index is 0.0143. The molecule has 118 valence electrons. The number of halogens is 2. The summed E-state index contributed by atoms with van der Waals surface area (Å²) in [5.41, 5.74) is 2.22. The molecule has 0 aliphatic carbocycles. The van der Waals surface area contributed by atoms with Gasteiger partial charge in [0.2, 0.25) is 0 Å². The number of rotatable bonds is 2. The zero-order valence-electron chi connectivity index (χ0n) is 12.2. The summed E-state index contributed by atoms with van der Waals surface area (Å²) >= 11 is 1.12. The van der Waals surface area contributed by atoms with Crippen LogP contribution in [0.1, 0.15) is 0 Å². The van der Waals surface area contributed by atoms with Gasteiger partial charge in [-0.05, 0) is 34.9 Å². The van der Waals surface area contributed by atoms with Crippen LogP contribution in [-0.2, 0) is 0 Å². The lowest BCUT2D eigenvalue weighted by molar-refractivity contribution is 0.615. The summed E-state index contributed by atoms with van der Waals surface area (Å²) in [5, 5.41) is 0.163. The average molecular weight is 340 g/mol. The van der Waals surface area contributed by atoms with E-state index in [9.17, 15) is 13.6 Å². The Balaban J connectivity index is 1.86. The molecule has 4 aromatic rings. The third-order valence-electron chi connectivity index (χ3n) is 3.80. The van der Waals surface area contributed by atoms with Gasteiger partial charge in [-0.15, -0.1) is 0 Å². The zero-order valence-corrected chi connectivity index (χ0v) is 13.0. The second kappa shape index (κ2) is 5.65. The zero-order chi connectivity index (χ0) is 16.7. The van der Waals surface area contributed by atoms with Crippen LogP contribution in [0.15, 0.2) is 59.7 Å². The van der Waals surface area contributed by atoms with E-state index in [4.69, 9.17) is 0 Å². The highest BCUT2D eigenvalue weighted by Crippen LogP contribution is 2.32. The van der Waals surface area contributed by atoms with Crippen molar-refractivity contribution in [1.82, 2.24) is 9.97 Å². The maximum Gasteiger partial charge on any atom is 0.305 e. The summed E-state index contributed by atoms with van der Waals surface area (Å²) in [6, 6.07) is 11.2. The number of hydrogen-bond acceptors (Lipinski definition) is 3. The molecule has 0 atom stereocenters. The first-order chi connectivity index (χ1) is 11.6. The van der Waals surface area contributed by atoms with Crippen molar-refractivity contribution in [3.05, 3.63) is 76.2 Å². The Kier molecular flexibility index (Phi) is 3.46. The Hall–Kier alpha value is -2.86. The van der Waals surface area contributed by atoms with E-state index in [2.05, 4.69) is 9.97 Å². The number of fused-ring (bicyclic) bond motifs is 1. The topological polar surface area (TPSA) is 45.8 Å². The maximum atomic E-state index is 14.2. The fraction of sp³-hybridized carbons (Fsp3) is 0. The SMILES string of the molecule is O=c1[nH]cc(-c2ccc(-c3ccnc4c(F)ccc(F)c34)cc2)s1. The first-order valence-electron chi connectivity index (χ1n) is 7.15. The van der Waals surface area contributed by atoms with E-state index in [-0.39, 0.29) is 15.8 Å². The molecule has 6 heteroatoms. The van der Waals surface area contributed by atoms with Crippen LogP contribution in [0.25, 0.3) is 32.5 Å². The van der Waals surface area contributed by atoms with Crippen LogP contribution in [0.3, 0.4) is 0 Å². The molecule has 0 radical (unpaired) electrons. The van der Waals surface area contributed by atoms with E-state index in [0.717, 1.165) is 39.5 Å². The third kappa shape index (κ3) is 2.41. The second-order valence-corrected chi connectivity index (χ2v) is 6.25. The van der Waals surface area contributed by atoms with Gasteiger partial charge in [0.25, 0.3) is 0 Å². The van der Waals surface area contributed by atoms with Crippen molar-refractivity contribution >= 4 is 22.2 Å². The van der Waals surface area contributed by atoms with E-state index >= 15 is 0 Å². The van der Waals surface area contributed by atoms with Gasteiger partial charge >= 0.3 is 4.87 Å². The van der Waals surface area contributed by atoms with Crippen LogP contribution in [0.4, 0.5) is 8.78 Å². The molecule has 0 amide bonds. The van der Waals surface area contributed by atoms with Gasteiger partial charge in [-0.2, -0.15) is 0 Å². The first-order valence-corrected chi connectivity index (χ1v) is 7.97. The highest BCUT2D eigenvalue weighted by Gasteiger charge is 2.13. The number of thiazole rings is 1. The van der Waals surface area contributed by atoms with Crippen molar-refractivity contribution in [2.45, 2.75) is 0 Å². The van der Waals surface area contributed by atoms with Gasteiger partial charge in [0, 0.05) is 17.8 Å². The molecule has 2 aromatic heterocycles. The summed E-state index contributed by atoms with van der Waals surface area (Å²) in [4.78, 5) is 18.5. The van der Waals surface area contributed by atoms with Gasteiger partial charge in [0.1, 0.15) is 17.2 Å². The molecule has 0 saturated carbocycles. The van der Waals surface area contributed by atoms with Gasteiger partial charge < -0.3 is 4.98 Å². The van der Waals surface area contributed by atoms with Crippen LogP contribution in [0, 0.1) is 11.6 Å². The van der Waals surface area contributed by atoms with Crippen LogP contribution in [-0.4, -0.2) is 9.97 Å². The van der Waals surface area contributed by atoms with E-state index in [1.54, 1.807) is 12.3 Å². The second-order valence-electron chi connectivity index (χ2n) is 5.23. The first kappa shape index (κ1) is 14.7. The molecule has 0 spiro atoms. The fourth-order valence-electron chi connectivity index (χ4n) is 2.67. The molecule has 4 rings (SSSR count). The number of benzene rings is 2. The van der Waals surface area contributed by atoms with Crippen LogP contribution < -0.4 is 4.87 Å². The molecule has 0 fully saturated rings. The molecule has 2 heterocycles. The van der Waals surface area contributed by atoms with Crippen molar-refractivity contribution in [1.29, 1.82) is 0 Å². The Bertz CT molecular complexity index is 1100. The highest BCUT2D eigenvalue weighted by molar-refractivity contribution is 7.12. The summed E-state index contributed by atoms with van der Waals surface area (Å²) in [6.45, 7) is 0. The lowest BCUT2D eigenvalue weighted by Crippen LogP contribution is -1.91. The molecule has 1 N–H and O–H groups in total. The number of aromatic amines is 1. The number of nitrogens with zero attached hydrogens (tertiary/aromatic N) is 1. The molecule has 0 saturated heterocycles. The number of hydrogen-bond donors (Lipinski definition) is 1. The normalized spacial score (nSPS) is 11.1. The summed E-state index contributed by atoms with van der Waals surface area (Å²) in [6.07, 6.45) is 3.12. The number of aromatic nitrogens is 2. The van der Waals surface area contributed by atoms with Gasteiger partial charge in [-0.1, -0.05) is 35.6 Å². The van der Waals surface area contributed by atoms with Crippen LogP contribution in [0.5, 0.6) is 0 Å². The quantitative estimate of drug-likeness (QED) is 0.580. The monoisotopic (exact) mass is 340 g/mol. The van der Waals surface area contributed by atoms with E-state index in [0.29, 0.717) is 5.56 Å². The Labute approximate surface area is 139 Å². The van der Waals surface area contributed by atoms with Crippen molar-refractivity contribution in [3.8, 4) is 21.6 Å². The average Bonchev–Trinajstić information content (AvgIpc) is 3.04. The number of H-pyrrole nitrogens is 1. The maximum absolute atomic E-state index is 14.2. The Morgan fingerprint density at radius 3 is 2.33 bits per heavy atom. The van der Waals surface area contributed by atoms with Crippen LogP contribution >= 0.6 is 11.3 Å². The van der Waals surface area contributed by atoms with E-state index in [1.807, 2.05) is 24.3 Å². The molecular weight excluding hydrogens is 330 g/mol. The molecule has 0 unspecified atom stereocenters. The van der Waals surface area contributed by atoms with Gasteiger partial charge in [-0.25, -0.2) is 8.78 Å². The van der Waals surface area contributed by atoms with Crippen LogP contribution in [0.2, 0.25) is 0 Å². The minimum atomic E-state index is -0.554. The predicted octanol–water partition coefficient (Wildman–Crippen LogP) is 4.60. The van der Waals surface area contributed by atoms with Crippen molar-refractivity contribution in [2.75, 3.05) is 0 Å². The largest absolute Gasteiger partial charge is 0.319 e. The highest BCUT2D eigenvalue weighted by atomic mass is 32.1. The van der Waals surface area contributed by atoms with Gasteiger partial charge in [-0.3, -0.25) is 9.78 Å². The molecule has 0 aliphatic rings. The number of nitrogens with one attached hydrogen (secondary N) is 1. The standard InChI is InChI=1S/C18H10F2N2OS/c19-13-5-6-14(20)17-16(13)12(7-8-21-17)10-1-3-11(4-2-10)15-9-22-18(23)24-15/h1-9H,(H,22,23). The lowest BCUT2D eigenvalue weighted by Gasteiger charge is -2.08. The predicted molar refractivity (Wildman–Crippen MR) is 91.0 cm³/mol. The molecule has 2 aromatic carbocycles.